The van der Waals surface area contributed by atoms with Crippen LogP contribution in [0.3, 0.4) is 0 Å². The summed E-state index contributed by atoms with van der Waals surface area (Å²) in [6.07, 6.45) is 1.61. The molecule has 0 aliphatic carbocycles. The Balaban J connectivity index is 1.90. The normalized spacial score (nSPS) is 10.9. The highest BCUT2D eigenvalue weighted by molar-refractivity contribution is 5.82. The van der Waals surface area contributed by atoms with Crippen LogP contribution in [0.5, 0.6) is 17.2 Å². The Bertz CT molecular complexity index is 880. The third kappa shape index (κ3) is 7.85. The fraction of sp³-hybridized carbons (Fsp3) is 0.417. The number of benzene rings is 2. The summed E-state index contributed by atoms with van der Waals surface area (Å²) in [6, 6.07) is 11.8. The number of methoxy groups -OCH3 is 1. The predicted molar refractivity (Wildman–Crippen MR) is 122 cm³/mol. The van der Waals surface area contributed by atoms with Crippen LogP contribution in [0.25, 0.3) is 0 Å². The van der Waals surface area contributed by atoms with Crippen molar-refractivity contribution in [3.05, 3.63) is 53.1 Å². The molecule has 0 saturated carbocycles. The van der Waals surface area contributed by atoms with Crippen molar-refractivity contribution in [2.45, 2.75) is 40.0 Å². The van der Waals surface area contributed by atoms with Crippen LogP contribution < -0.4 is 19.6 Å². The average molecular weight is 429 g/mol. The third-order valence-electron chi connectivity index (χ3n) is 4.42. The Morgan fingerprint density at radius 3 is 2.45 bits per heavy atom. The smallest absolute Gasteiger partial charge is 0.427 e. The molecular weight excluding hydrogens is 396 g/mol. The second-order valence-electron chi connectivity index (χ2n) is 7.25. The first-order valence-electron chi connectivity index (χ1n) is 10.4. The van der Waals surface area contributed by atoms with Crippen LogP contribution in [0.4, 0.5) is 4.79 Å². The Morgan fingerprint density at radius 1 is 1.03 bits per heavy atom. The highest BCUT2D eigenvalue weighted by Crippen LogP contribution is 2.29. The van der Waals surface area contributed by atoms with Gasteiger partial charge in [0.2, 0.25) is 0 Å². The quantitative estimate of drug-likeness (QED) is 0.308. The Kier molecular flexibility index (Phi) is 9.68. The van der Waals surface area contributed by atoms with E-state index >= 15 is 0 Å². The van der Waals surface area contributed by atoms with Crippen LogP contribution in [0, 0.1) is 6.92 Å². The van der Waals surface area contributed by atoms with E-state index in [1.54, 1.807) is 6.07 Å². The number of hydrogen-bond donors (Lipinski definition) is 1. The molecule has 2 aromatic rings. The summed E-state index contributed by atoms with van der Waals surface area (Å²) in [5, 5.41) is 3.82. The zero-order chi connectivity index (χ0) is 22.6. The van der Waals surface area contributed by atoms with Crippen LogP contribution in [-0.2, 0) is 4.74 Å². The van der Waals surface area contributed by atoms with E-state index in [4.69, 9.17) is 14.2 Å². The first-order valence-corrected chi connectivity index (χ1v) is 10.4. The Labute approximate surface area is 184 Å². The SMILES string of the molecule is CCOc1cc(C=NNC(=O)OC)ccc1OCCCOc1cc(C)ccc1C(C)C. The lowest BCUT2D eigenvalue weighted by Crippen LogP contribution is -2.16. The maximum Gasteiger partial charge on any atom is 0.427 e. The molecule has 31 heavy (non-hydrogen) atoms. The van der Waals surface area contributed by atoms with Crippen molar-refractivity contribution in [3.63, 3.8) is 0 Å². The Hall–Kier alpha value is -3.22. The highest BCUT2D eigenvalue weighted by atomic mass is 16.5. The monoisotopic (exact) mass is 428 g/mol. The van der Waals surface area contributed by atoms with Crippen molar-refractivity contribution in [1.29, 1.82) is 0 Å². The fourth-order valence-electron chi connectivity index (χ4n) is 2.86. The van der Waals surface area contributed by atoms with Crippen molar-refractivity contribution >= 4 is 12.3 Å². The fourth-order valence-corrected chi connectivity index (χ4v) is 2.86. The van der Waals surface area contributed by atoms with Crippen LogP contribution in [0.2, 0.25) is 0 Å². The molecule has 1 amide bonds. The molecule has 0 aromatic heterocycles. The predicted octanol–water partition coefficient (Wildman–Crippen LogP) is 5.05. The van der Waals surface area contributed by atoms with Gasteiger partial charge in [0.1, 0.15) is 5.75 Å². The second kappa shape index (κ2) is 12.5. The number of nitrogens with zero attached hydrogens (tertiary/aromatic N) is 1. The molecule has 7 nitrogen and oxygen atoms in total. The maximum absolute atomic E-state index is 11.1. The van der Waals surface area contributed by atoms with E-state index in [9.17, 15) is 4.79 Å². The molecule has 0 radical (unpaired) electrons. The first-order chi connectivity index (χ1) is 14.9. The molecule has 2 aromatic carbocycles. The summed E-state index contributed by atoms with van der Waals surface area (Å²) in [6.45, 7) is 9.87. The number of ether oxygens (including phenoxy) is 4. The summed E-state index contributed by atoms with van der Waals surface area (Å²) in [7, 11) is 1.28. The van der Waals surface area contributed by atoms with Crippen molar-refractivity contribution in [1.82, 2.24) is 5.43 Å². The van der Waals surface area contributed by atoms with E-state index in [1.807, 2.05) is 19.1 Å². The largest absolute Gasteiger partial charge is 0.493 e. The van der Waals surface area contributed by atoms with Crippen molar-refractivity contribution in [3.8, 4) is 17.2 Å². The minimum Gasteiger partial charge on any atom is -0.493 e. The Morgan fingerprint density at radius 2 is 1.77 bits per heavy atom. The van der Waals surface area contributed by atoms with E-state index in [0.29, 0.717) is 37.2 Å². The van der Waals surface area contributed by atoms with Crippen molar-refractivity contribution < 1.29 is 23.7 Å². The van der Waals surface area contributed by atoms with Gasteiger partial charge in [-0.1, -0.05) is 26.0 Å². The molecule has 1 N–H and O–H groups in total. The summed E-state index contributed by atoms with van der Waals surface area (Å²) in [5.41, 5.74) is 5.40. The van der Waals surface area contributed by atoms with Gasteiger partial charge in [0.05, 0.1) is 33.1 Å². The molecule has 0 unspecified atom stereocenters. The standard InChI is InChI=1S/C24H32N2O5/c1-6-29-23-15-19(16-25-26-24(27)28-5)9-11-21(23)30-12-7-13-31-22-14-18(4)8-10-20(22)17(2)3/h8-11,14-17H,6-7,12-13H2,1-5H3,(H,26,27). The summed E-state index contributed by atoms with van der Waals surface area (Å²) in [4.78, 5) is 11.1. The molecule has 0 aliphatic rings. The van der Waals surface area contributed by atoms with Gasteiger partial charge in [0.15, 0.2) is 11.5 Å². The van der Waals surface area contributed by atoms with Crippen molar-refractivity contribution in [2.75, 3.05) is 26.9 Å². The van der Waals surface area contributed by atoms with E-state index in [2.05, 4.69) is 54.2 Å². The maximum atomic E-state index is 11.1. The molecule has 168 valence electrons. The zero-order valence-electron chi connectivity index (χ0n) is 18.9. The van der Waals surface area contributed by atoms with Gasteiger partial charge in [-0.05, 0) is 60.7 Å². The molecule has 0 saturated heterocycles. The van der Waals surface area contributed by atoms with Crippen LogP contribution in [-0.4, -0.2) is 39.2 Å². The van der Waals surface area contributed by atoms with E-state index < -0.39 is 6.09 Å². The minimum absolute atomic E-state index is 0.408. The number of hydrazone groups is 1. The summed E-state index contributed by atoms with van der Waals surface area (Å²) >= 11 is 0. The number of amides is 1. The number of rotatable bonds is 11. The van der Waals surface area contributed by atoms with E-state index in [1.165, 1.54) is 24.5 Å². The third-order valence-corrected chi connectivity index (χ3v) is 4.42. The molecule has 0 heterocycles. The zero-order valence-corrected chi connectivity index (χ0v) is 18.9. The summed E-state index contributed by atoms with van der Waals surface area (Å²) in [5.74, 6) is 2.62. The van der Waals surface area contributed by atoms with Crippen molar-refractivity contribution in [2.24, 2.45) is 5.10 Å². The van der Waals surface area contributed by atoms with E-state index in [-0.39, 0.29) is 0 Å². The van der Waals surface area contributed by atoms with E-state index in [0.717, 1.165) is 17.7 Å². The number of carbonyl (C=O) groups excluding carboxylic acids is 1. The van der Waals surface area contributed by atoms with Gasteiger partial charge in [-0.25, -0.2) is 10.2 Å². The molecular formula is C24H32N2O5. The lowest BCUT2D eigenvalue weighted by molar-refractivity contribution is 0.171. The molecule has 0 fully saturated rings. The molecule has 0 bridgehead atoms. The number of nitrogens with one attached hydrogen (secondary N) is 1. The molecule has 0 spiro atoms. The topological polar surface area (TPSA) is 78.4 Å². The molecule has 0 atom stereocenters. The van der Waals surface area contributed by atoms with Gasteiger partial charge in [-0.15, -0.1) is 0 Å². The van der Waals surface area contributed by atoms with Gasteiger partial charge in [0.25, 0.3) is 0 Å². The first kappa shape index (κ1) is 24.1. The van der Waals surface area contributed by atoms with Gasteiger partial charge in [0, 0.05) is 6.42 Å². The molecule has 7 heteroatoms. The second-order valence-corrected chi connectivity index (χ2v) is 7.25. The van der Waals surface area contributed by atoms with Gasteiger partial charge >= 0.3 is 6.09 Å². The van der Waals surface area contributed by atoms with Crippen LogP contribution in [0.15, 0.2) is 41.5 Å². The van der Waals surface area contributed by atoms with Gasteiger partial charge < -0.3 is 18.9 Å². The van der Waals surface area contributed by atoms with Gasteiger partial charge in [-0.3, -0.25) is 0 Å². The van der Waals surface area contributed by atoms with Crippen LogP contribution in [0.1, 0.15) is 49.8 Å². The van der Waals surface area contributed by atoms with Gasteiger partial charge in [-0.2, -0.15) is 5.10 Å². The lowest BCUT2D eigenvalue weighted by Gasteiger charge is -2.16. The molecule has 0 aliphatic heterocycles. The molecule has 2 rings (SSSR count). The van der Waals surface area contributed by atoms with Crippen LogP contribution >= 0.6 is 0 Å². The highest BCUT2D eigenvalue weighted by Gasteiger charge is 2.09. The minimum atomic E-state index is -0.630. The number of carbonyl (C=O) groups is 1. The lowest BCUT2D eigenvalue weighted by atomic mass is 10.0. The number of hydrogen-bond acceptors (Lipinski definition) is 6. The number of aryl methyl sites for hydroxylation is 1. The average Bonchev–Trinajstić information content (AvgIpc) is 2.74. The summed E-state index contributed by atoms with van der Waals surface area (Å²) < 4.78 is 22.1.